The van der Waals surface area contributed by atoms with Gasteiger partial charge in [-0.2, -0.15) is 6.08 Å². The quantitative estimate of drug-likeness (QED) is 0.460. The molecule has 0 radical (unpaired) electrons. The van der Waals surface area contributed by atoms with Gasteiger partial charge in [-0.05, 0) is 27.7 Å². The van der Waals surface area contributed by atoms with E-state index in [1.54, 1.807) is 24.2 Å². The Morgan fingerprint density at radius 1 is 0.935 bits per heavy atom. The molecule has 0 bridgehead atoms. The number of fused-ring (bicyclic) bond motifs is 3. The molecular formula is C27H33Cl2NZr-2. The summed E-state index contributed by atoms with van der Waals surface area (Å²) in [7, 11) is 0. The van der Waals surface area contributed by atoms with Gasteiger partial charge in [0.2, 0.25) is 0 Å². The van der Waals surface area contributed by atoms with Gasteiger partial charge in [-0.3, -0.25) is 6.08 Å². The second-order valence-corrected chi connectivity index (χ2v) is 10.5. The summed E-state index contributed by atoms with van der Waals surface area (Å²) in [6.45, 7) is 13.3. The van der Waals surface area contributed by atoms with E-state index >= 15 is 0 Å². The second kappa shape index (κ2) is 14.9. The van der Waals surface area contributed by atoms with Crippen LogP contribution in [0.1, 0.15) is 48.0 Å². The Labute approximate surface area is 216 Å². The van der Waals surface area contributed by atoms with Gasteiger partial charge < -0.3 is 29.7 Å². The van der Waals surface area contributed by atoms with Crippen molar-refractivity contribution in [3.8, 4) is 0 Å². The van der Waals surface area contributed by atoms with Crippen LogP contribution in [0.4, 0.5) is 5.69 Å². The SMILES string of the molecule is CC(C)N(c1cccc2[cH-]c3ccccc3c12)C(C)C.C[C](C)=[Zr+2].[C-]1=CC=CC1.[Cl-].[Cl-]. The molecule has 3 aromatic rings. The molecule has 3 aromatic carbocycles. The number of benzene rings is 2. The molecule has 0 saturated carbocycles. The van der Waals surface area contributed by atoms with Crippen LogP contribution >= 0.6 is 0 Å². The number of halogens is 2. The predicted molar refractivity (Wildman–Crippen MR) is 128 cm³/mol. The average molecular weight is 534 g/mol. The fraction of sp³-hybridized carbons (Fsp3) is 0.333. The summed E-state index contributed by atoms with van der Waals surface area (Å²) in [6.07, 6.45) is 10.0. The second-order valence-electron chi connectivity index (χ2n) is 8.07. The van der Waals surface area contributed by atoms with Gasteiger partial charge in [0, 0.05) is 17.8 Å². The van der Waals surface area contributed by atoms with Gasteiger partial charge >= 0.3 is 41.3 Å². The molecule has 1 nitrogen and oxygen atoms in total. The largest absolute Gasteiger partial charge is 1.00 e. The number of anilines is 1. The summed E-state index contributed by atoms with van der Waals surface area (Å²) in [5, 5.41) is 5.44. The van der Waals surface area contributed by atoms with Gasteiger partial charge in [0.15, 0.2) is 0 Å². The Morgan fingerprint density at radius 3 is 2.00 bits per heavy atom. The minimum atomic E-state index is 0. The zero-order valence-electron chi connectivity index (χ0n) is 19.4. The van der Waals surface area contributed by atoms with E-state index < -0.39 is 0 Å². The van der Waals surface area contributed by atoms with Crippen molar-refractivity contribution in [2.45, 2.75) is 60.0 Å². The van der Waals surface area contributed by atoms with Crippen molar-refractivity contribution >= 4 is 30.4 Å². The summed E-state index contributed by atoms with van der Waals surface area (Å²) in [5.41, 5.74) is 1.36. The van der Waals surface area contributed by atoms with Gasteiger partial charge in [0.1, 0.15) is 0 Å². The maximum atomic E-state index is 2.99. The van der Waals surface area contributed by atoms with Crippen molar-refractivity contribution in [2.75, 3.05) is 4.90 Å². The van der Waals surface area contributed by atoms with Crippen LogP contribution in [-0.2, 0) is 24.2 Å². The number of nitrogens with zero attached hydrogens (tertiary/aromatic N) is 1. The molecule has 0 N–H and O–H groups in total. The molecule has 0 amide bonds. The van der Waals surface area contributed by atoms with Gasteiger partial charge in [-0.25, -0.2) is 12.2 Å². The van der Waals surface area contributed by atoms with E-state index in [-0.39, 0.29) is 24.8 Å². The fourth-order valence-electron chi connectivity index (χ4n) is 3.70. The van der Waals surface area contributed by atoms with Crippen molar-refractivity contribution in [2.24, 2.45) is 0 Å². The predicted octanol–water partition coefficient (Wildman–Crippen LogP) is 1.39. The molecule has 0 aromatic heterocycles. The Bertz CT molecular complexity index is 977. The monoisotopic (exact) mass is 531 g/mol. The third kappa shape index (κ3) is 8.76. The van der Waals surface area contributed by atoms with E-state index in [4.69, 9.17) is 0 Å². The molecule has 0 heterocycles. The standard InChI is InChI=1S/C19H22N.C5H5.C3H6.2ClH.Zr/c1-13(2)20(14(3)4)18-11-7-9-16-12-15-8-5-6-10-17(15)19(16)18;1-2-4-5-3-1;1-3-2;;;/h5-14H,1-4H3;1-3H,4H2;1-2H3;2*1H;/q2*-1;;;;+2/p-2. The molecule has 0 saturated heterocycles. The minimum absolute atomic E-state index is 0. The Morgan fingerprint density at radius 2 is 1.52 bits per heavy atom. The molecule has 166 valence electrons. The Balaban J connectivity index is 0.000000691. The smallest absolute Gasteiger partial charge is 0.109 e. The van der Waals surface area contributed by atoms with Gasteiger partial charge in [-0.15, -0.1) is 40.8 Å². The van der Waals surface area contributed by atoms with Crippen molar-refractivity contribution in [1.82, 2.24) is 0 Å². The average Bonchev–Trinajstić information content (AvgIpc) is 3.32. The van der Waals surface area contributed by atoms with Crippen LogP contribution in [0.3, 0.4) is 0 Å². The van der Waals surface area contributed by atoms with Gasteiger partial charge in [0.05, 0.1) is 0 Å². The number of allylic oxidation sites excluding steroid dienone is 4. The first kappa shape index (κ1) is 29.9. The first-order chi connectivity index (χ1) is 13.8. The van der Waals surface area contributed by atoms with Crippen LogP contribution in [0, 0.1) is 6.08 Å². The number of hydrogen-bond acceptors (Lipinski definition) is 1. The topological polar surface area (TPSA) is 3.24 Å². The maximum Gasteiger partial charge on any atom is -0.109 e. The fourth-order valence-corrected chi connectivity index (χ4v) is 3.70. The molecule has 4 heteroatoms. The zero-order chi connectivity index (χ0) is 21.4. The van der Waals surface area contributed by atoms with E-state index in [2.05, 4.69) is 107 Å². The molecule has 0 fully saturated rings. The summed E-state index contributed by atoms with van der Waals surface area (Å²) in [5.74, 6) is 0. The van der Waals surface area contributed by atoms with Gasteiger partial charge in [0.25, 0.3) is 0 Å². The number of hydrogen-bond donors (Lipinski definition) is 0. The van der Waals surface area contributed by atoms with E-state index in [1.807, 2.05) is 12.2 Å². The van der Waals surface area contributed by atoms with Crippen LogP contribution < -0.4 is 29.7 Å². The van der Waals surface area contributed by atoms with Crippen LogP contribution in [0.5, 0.6) is 0 Å². The molecule has 1 aliphatic rings. The van der Waals surface area contributed by atoms with Crippen LogP contribution in [0.2, 0.25) is 0 Å². The molecule has 31 heavy (non-hydrogen) atoms. The van der Waals surface area contributed by atoms with Crippen molar-refractivity contribution in [3.05, 3.63) is 72.8 Å². The van der Waals surface area contributed by atoms with Crippen molar-refractivity contribution in [1.29, 1.82) is 0 Å². The van der Waals surface area contributed by atoms with Crippen molar-refractivity contribution < 1.29 is 49.0 Å². The molecule has 1 aliphatic carbocycles. The van der Waals surface area contributed by atoms with Crippen molar-refractivity contribution in [3.63, 3.8) is 0 Å². The Kier molecular flexibility index (Phi) is 14.4. The molecule has 0 spiro atoms. The van der Waals surface area contributed by atoms with Gasteiger partial charge in [-0.1, -0.05) is 35.7 Å². The first-order valence-electron chi connectivity index (χ1n) is 10.4. The number of rotatable bonds is 3. The third-order valence-electron chi connectivity index (χ3n) is 4.59. The zero-order valence-corrected chi connectivity index (χ0v) is 23.4. The molecular weight excluding hydrogens is 500 g/mol. The van der Waals surface area contributed by atoms with E-state index in [0.717, 1.165) is 6.42 Å². The minimum Gasteiger partial charge on any atom is -1.00 e. The molecule has 0 aliphatic heterocycles. The van der Waals surface area contributed by atoms with Crippen LogP contribution in [0.25, 0.3) is 21.5 Å². The van der Waals surface area contributed by atoms with Crippen LogP contribution in [-0.4, -0.2) is 15.3 Å². The molecule has 0 unspecified atom stereocenters. The first-order valence-corrected chi connectivity index (χ1v) is 11.6. The third-order valence-corrected chi connectivity index (χ3v) is 4.59. The van der Waals surface area contributed by atoms with E-state index in [1.165, 1.54) is 30.4 Å². The molecule has 4 rings (SSSR count). The van der Waals surface area contributed by atoms with E-state index in [9.17, 15) is 0 Å². The summed E-state index contributed by atoms with van der Waals surface area (Å²) in [6, 6.07) is 18.6. The Hall–Kier alpha value is -1.08. The molecule has 0 atom stereocenters. The summed E-state index contributed by atoms with van der Waals surface area (Å²) < 4.78 is 1.51. The van der Waals surface area contributed by atoms with Crippen LogP contribution in [0.15, 0.2) is 66.8 Å². The normalized spacial score (nSPS) is 11.4. The summed E-state index contributed by atoms with van der Waals surface area (Å²) >= 11 is 1.55. The maximum absolute atomic E-state index is 2.99. The van der Waals surface area contributed by atoms with E-state index in [0.29, 0.717) is 12.1 Å². The summed E-state index contributed by atoms with van der Waals surface area (Å²) in [4.78, 5) is 2.51.